The molecule has 0 radical (unpaired) electrons. The summed E-state index contributed by atoms with van der Waals surface area (Å²) in [6, 6.07) is 0.636. The molecule has 0 spiro atoms. The maximum absolute atomic E-state index is 9.35. The van der Waals surface area contributed by atoms with Crippen molar-refractivity contribution in [3.63, 3.8) is 0 Å². The number of thiazole rings is 1. The molecule has 1 aromatic heterocycles. The molecule has 2 heterocycles. The molecule has 96 valence electrons. The lowest BCUT2D eigenvalue weighted by Gasteiger charge is -2.19. The number of rotatable bonds is 4. The van der Waals surface area contributed by atoms with Crippen LogP contribution in [0.15, 0.2) is 5.38 Å². The zero-order valence-corrected chi connectivity index (χ0v) is 11.7. The number of nitrogens with zero attached hydrogens (tertiary/aromatic N) is 2. The third-order valence-corrected chi connectivity index (χ3v) is 4.43. The van der Waals surface area contributed by atoms with Crippen LogP contribution in [0.3, 0.4) is 0 Å². The number of aliphatic hydroxyl groups is 1. The van der Waals surface area contributed by atoms with E-state index in [4.69, 9.17) is 0 Å². The Hall–Kier alpha value is -0.450. The fraction of sp³-hybridized carbons (Fsp3) is 0.769. The van der Waals surface area contributed by atoms with Crippen molar-refractivity contribution < 1.29 is 5.11 Å². The molecule has 0 aromatic carbocycles. The Kier molecular flexibility index (Phi) is 4.17. The molecule has 1 saturated heterocycles. The molecular weight excluding hydrogens is 232 g/mol. The van der Waals surface area contributed by atoms with Gasteiger partial charge in [0.15, 0.2) is 0 Å². The first kappa shape index (κ1) is 13.0. The predicted octanol–water partition coefficient (Wildman–Crippen LogP) is 2.26. The topological polar surface area (TPSA) is 36.4 Å². The predicted molar refractivity (Wildman–Crippen MR) is 71.6 cm³/mol. The molecule has 2 atom stereocenters. The molecular formula is C13H22N2OS. The van der Waals surface area contributed by atoms with E-state index in [0.29, 0.717) is 18.4 Å². The van der Waals surface area contributed by atoms with Gasteiger partial charge >= 0.3 is 0 Å². The first-order valence-electron chi connectivity index (χ1n) is 6.42. The van der Waals surface area contributed by atoms with Crippen LogP contribution in [-0.4, -0.2) is 40.2 Å². The van der Waals surface area contributed by atoms with E-state index in [1.165, 1.54) is 18.0 Å². The fourth-order valence-electron chi connectivity index (χ4n) is 2.36. The van der Waals surface area contributed by atoms with Gasteiger partial charge in [0.05, 0.1) is 16.8 Å². The summed E-state index contributed by atoms with van der Waals surface area (Å²) in [6.07, 6.45) is 1.61. The van der Waals surface area contributed by atoms with Gasteiger partial charge in [-0.15, -0.1) is 11.3 Å². The minimum atomic E-state index is -0.291. The van der Waals surface area contributed by atoms with Crippen LogP contribution in [0.2, 0.25) is 0 Å². The average molecular weight is 254 g/mol. The summed E-state index contributed by atoms with van der Waals surface area (Å²) in [4.78, 5) is 7.17. The van der Waals surface area contributed by atoms with E-state index in [2.05, 4.69) is 29.1 Å². The van der Waals surface area contributed by atoms with Crippen LogP contribution in [0, 0.1) is 0 Å². The third-order valence-electron chi connectivity index (χ3n) is 3.37. The van der Waals surface area contributed by atoms with Crippen LogP contribution in [0.4, 0.5) is 0 Å². The SMILES string of the molecule is CC(O)Cc1csc(C2CCN(C(C)C)C2)n1. The summed E-state index contributed by atoms with van der Waals surface area (Å²) in [5, 5.41) is 12.7. The van der Waals surface area contributed by atoms with Crippen molar-refractivity contribution in [3.8, 4) is 0 Å². The largest absolute Gasteiger partial charge is 0.393 e. The molecule has 0 saturated carbocycles. The summed E-state index contributed by atoms with van der Waals surface area (Å²) < 4.78 is 0. The Morgan fingerprint density at radius 3 is 2.88 bits per heavy atom. The summed E-state index contributed by atoms with van der Waals surface area (Å²) >= 11 is 1.75. The summed E-state index contributed by atoms with van der Waals surface area (Å²) in [5.41, 5.74) is 1.04. The van der Waals surface area contributed by atoms with E-state index in [0.717, 1.165) is 12.2 Å². The lowest BCUT2D eigenvalue weighted by atomic mass is 10.1. The van der Waals surface area contributed by atoms with Crippen LogP contribution in [0.5, 0.6) is 0 Å². The second-order valence-corrected chi connectivity index (χ2v) is 6.19. The molecule has 1 aliphatic rings. The van der Waals surface area contributed by atoms with Gasteiger partial charge in [-0.3, -0.25) is 0 Å². The normalized spacial score (nSPS) is 23.5. The van der Waals surface area contributed by atoms with Gasteiger partial charge in [0.25, 0.3) is 0 Å². The van der Waals surface area contributed by atoms with Gasteiger partial charge in [0.1, 0.15) is 0 Å². The molecule has 17 heavy (non-hydrogen) atoms. The lowest BCUT2D eigenvalue weighted by Crippen LogP contribution is -2.27. The van der Waals surface area contributed by atoms with Crippen LogP contribution in [-0.2, 0) is 6.42 Å². The van der Waals surface area contributed by atoms with Gasteiger partial charge in [-0.2, -0.15) is 0 Å². The number of hydrogen-bond acceptors (Lipinski definition) is 4. The Labute approximate surface area is 107 Å². The van der Waals surface area contributed by atoms with Crippen LogP contribution in [0.25, 0.3) is 0 Å². The van der Waals surface area contributed by atoms with Crippen LogP contribution >= 0.6 is 11.3 Å². The zero-order chi connectivity index (χ0) is 12.4. The van der Waals surface area contributed by atoms with E-state index < -0.39 is 0 Å². The smallest absolute Gasteiger partial charge is 0.0972 e. The number of hydrogen-bond donors (Lipinski definition) is 1. The Morgan fingerprint density at radius 1 is 1.53 bits per heavy atom. The van der Waals surface area contributed by atoms with Gasteiger partial charge in [-0.1, -0.05) is 0 Å². The van der Waals surface area contributed by atoms with E-state index >= 15 is 0 Å². The average Bonchev–Trinajstić information content (AvgIpc) is 2.83. The highest BCUT2D eigenvalue weighted by Crippen LogP contribution is 2.30. The van der Waals surface area contributed by atoms with Gasteiger partial charge in [0.2, 0.25) is 0 Å². The van der Waals surface area contributed by atoms with Crippen molar-refractivity contribution in [2.75, 3.05) is 13.1 Å². The van der Waals surface area contributed by atoms with Crippen molar-refractivity contribution in [2.24, 2.45) is 0 Å². The number of aromatic nitrogens is 1. The molecule has 0 aliphatic carbocycles. The van der Waals surface area contributed by atoms with E-state index in [1.54, 1.807) is 11.3 Å². The van der Waals surface area contributed by atoms with Crippen LogP contribution < -0.4 is 0 Å². The highest BCUT2D eigenvalue weighted by molar-refractivity contribution is 7.09. The highest BCUT2D eigenvalue weighted by Gasteiger charge is 2.27. The fourth-order valence-corrected chi connectivity index (χ4v) is 3.32. The lowest BCUT2D eigenvalue weighted by molar-refractivity contribution is 0.194. The van der Waals surface area contributed by atoms with Crippen molar-refractivity contribution in [2.45, 2.75) is 51.7 Å². The Balaban J connectivity index is 1.97. The van der Waals surface area contributed by atoms with E-state index in [-0.39, 0.29) is 6.10 Å². The minimum absolute atomic E-state index is 0.291. The van der Waals surface area contributed by atoms with Crippen molar-refractivity contribution >= 4 is 11.3 Å². The Bertz CT molecular complexity index is 362. The highest BCUT2D eigenvalue weighted by atomic mass is 32.1. The zero-order valence-electron chi connectivity index (χ0n) is 10.9. The van der Waals surface area contributed by atoms with Crippen molar-refractivity contribution in [1.29, 1.82) is 0 Å². The first-order valence-corrected chi connectivity index (χ1v) is 7.30. The first-order chi connectivity index (χ1) is 8.06. The number of aliphatic hydroxyl groups excluding tert-OH is 1. The standard InChI is InChI=1S/C13H22N2OS/c1-9(2)15-5-4-11(7-15)13-14-12(8-17-13)6-10(3)16/h8-11,16H,4-7H2,1-3H3. The Morgan fingerprint density at radius 2 is 2.29 bits per heavy atom. The molecule has 2 rings (SSSR count). The van der Waals surface area contributed by atoms with Crippen LogP contribution in [0.1, 0.15) is 43.8 Å². The minimum Gasteiger partial charge on any atom is -0.393 e. The van der Waals surface area contributed by atoms with Gasteiger partial charge < -0.3 is 10.0 Å². The second-order valence-electron chi connectivity index (χ2n) is 5.30. The number of likely N-dealkylation sites (tertiary alicyclic amines) is 1. The van der Waals surface area contributed by atoms with Crippen molar-refractivity contribution in [1.82, 2.24) is 9.88 Å². The van der Waals surface area contributed by atoms with Gasteiger partial charge in [-0.05, 0) is 33.7 Å². The molecule has 0 amide bonds. The maximum Gasteiger partial charge on any atom is 0.0972 e. The molecule has 0 bridgehead atoms. The molecule has 3 nitrogen and oxygen atoms in total. The molecule has 1 N–H and O–H groups in total. The van der Waals surface area contributed by atoms with Gasteiger partial charge in [-0.25, -0.2) is 4.98 Å². The summed E-state index contributed by atoms with van der Waals surface area (Å²) in [5.74, 6) is 0.602. The molecule has 1 fully saturated rings. The summed E-state index contributed by atoms with van der Waals surface area (Å²) in [7, 11) is 0. The van der Waals surface area contributed by atoms with E-state index in [1.807, 2.05) is 6.92 Å². The molecule has 2 unspecified atom stereocenters. The third kappa shape index (κ3) is 3.27. The maximum atomic E-state index is 9.35. The van der Waals surface area contributed by atoms with E-state index in [9.17, 15) is 5.11 Å². The summed E-state index contributed by atoms with van der Waals surface area (Å²) in [6.45, 7) is 8.65. The monoisotopic (exact) mass is 254 g/mol. The molecule has 1 aliphatic heterocycles. The quantitative estimate of drug-likeness (QED) is 0.895. The molecule has 1 aromatic rings. The molecule has 4 heteroatoms. The van der Waals surface area contributed by atoms with Gasteiger partial charge in [0, 0.05) is 30.3 Å². The second kappa shape index (κ2) is 5.46. The van der Waals surface area contributed by atoms with Crippen molar-refractivity contribution in [3.05, 3.63) is 16.1 Å².